The lowest BCUT2D eigenvalue weighted by Crippen LogP contribution is -2.24. The van der Waals surface area contributed by atoms with Crippen molar-refractivity contribution in [3.63, 3.8) is 0 Å². The maximum absolute atomic E-state index is 13.6. The molecule has 1 aliphatic heterocycles. The van der Waals surface area contributed by atoms with Gasteiger partial charge in [-0.2, -0.15) is 0 Å². The van der Waals surface area contributed by atoms with E-state index < -0.39 is 17.5 Å². The van der Waals surface area contributed by atoms with Crippen molar-refractivity contribution in [2.75, 3.05) is 0 Å². The third kappa shape index (κ3) is 3.53. The van der Waals surface area contributed by atoms with E-state index in [0.29, 0.717) is 17.5 Å². The molecule has 0 bridgehead atoms. The summed E-state index contributed by atoms with van der Waals surface area (Å²) in [5, 5.41) is 6.46. The van der Waals surface area contributed by atoms with Crippen molar-refractivity contribution in [2.24, 2.45) is 0 Å². The van der Waals surface area contributed by atoms with E-state index in [-0.39, 0.29) is 18.2 Å². The Bertz CT molecular complexity index is 1020. The summed E-state index contributed by atoms with van der Waals surface area (Å²) < 4.78 is 37.6. The molecule has 7 heteroatoms. The van der Waals surface area contributed by atoms with Gasteiger partial charge in [0.15, 0.2) is 5.76 Å². The van der Waals surface area contributed by atoms with Crippen molar-refractivity contribution < 1.29 is 22.8 Å². The third-order valence-corrected chi connectivity index (χ3v) is 4.35. The molecule has 1 amide bonds. The summed E-state index contributed by atoms with van der Waals surface area (Å²) >= 11 is 0. The van der Waals surface area contributed by atoms with Crippen LogP contribution in [0.1, 0.15) is 28.5 Å². The molecule has 27 heavy (non-hydrogen) atoms. The van der Waals surface area contributed by atoms with E-state index in [0.717, 1.165) is 35.4 Å². The summed E-state index contributed by atoms with van der Waals surface area (Å²) in [5.74, 6) is -0.938. The van der Waals surface area contributed by atoms with Gasteiger partial charge in [-0.3, -0.25) is 4.79 Å². The lowest BCUT2D eigenvalue weighted by atomic mass is 10.1. The van der Waals surface area contributed by atoms with Gasteiger partial charge in [0.05, 0.1) is 12.1 Å². The minimum Gasteiger partial charge on any atom is -0.490 e. The molecule has 138 valence electrons. The molecule has 0 aliphatic carbocycles. The van der Waals surface area contributed by atoms with Crippen molar-refractivity contribution in [1.82, 2.24) is 10.5 Å². The first-order valence-electron chi connectivity index (χ1n) is 8.48. The number of carbonyl (C=O) groups excluding carboxylic acids is 1. The smallest absolute Gasteiger partial charge is 0.254 e. The average molecular weight is 370 g/mol. The second-order valence-electron chi connectivity index (χ2n) is 6.44. The zero-order valence-electron chi connectivity index (χ0n) is 14.5. The van der Waals surface area contributed by atoms with Gasteiger partial charge in [0.25, 0.3) is 5.91 Å². The molecule has 4 rings (SSSR count). The van der Waals surface area contributed by atoms with E-state index >= 15 is 0 Å². The van der Waals surface area contributed by atoms with Crippen molar-refractivity contribution in [2.45, 2.75) is 26.0 Å². The van der Waals surface area contributed by atoms with Gasteiger partial charge in [0.2, 0.25) is 0 Å². The van der Waals surface area contributed by atoms with Crippen LogP contribution in [0.4, 0.5) is 8.78 Å². The van der Waals surface area contributed by atoms with E-state index in [2.05, 4.69) is 10.5 Å². The van der Waals surface area contributed by atoms with E-state index in [1.807, 2.05) is 25.1 Å². The molecule has 1 unspecified atom stereocenters. The summed E-state index contributed by atoms with van der Waals surface area (Å²) in [7, 11) is 0. The Morgan fingerprint density at radius 3 is 2.89 bits per heavy atom. The fourth-order valence-corrected chi connectivity index (χ4v) is 3.03. The number of benzene rings is 2. The molecule has 0 fully saturated rings. The Kier molecular flexibility index (Phi) is 4.35. The predicted octanol–water partition coefficient (Wildman–Crippen LogP) is 3.87. The number of ether oxygens (including phenoxy) is 1. The molecule has 1 N–H and O–H groups in total. The Labute approximate surface area is 153 Å². The molecular weight excluding hydrogens is 354 g/mol. The molecular formula is C20H16F2N2O3. The highest BCUT2D eigenvalue weighted by molar-refractivity contribution is 5.94. The molecule has 0 saturated heterocycles. The van der Waals surface area contributed by atoms with Gasteiger partial charge in [0.1, 0.15) is 29.2 Å². The molecule has 0 radical (unpaired) electrons. The summed E-state index contributed by atoms with van der Waals surface area (Å²) in [6, 6.07) is 10.3. The quantitative estimate of drug-likeness (QED) is 0.757. The molecule has 0 spiro atoms. The number of nitrogens with one attached hydrogen (secondary N) is 1. The zero-order valence-corrected chi connectivity index (χ0v) is 14.5. The monoisotopic (exact) mass is 370 g/mol. The molecule has 1 atom stereocenters. The standard InChI is InChI=1S/C20H16F2N2O3/c1-11-6-12-2-3-13(7-18(12)26-11)19-9-15(24-27-19)10-23-20(25)16-5-4-14(21)8-17(16)22/h2-5,7-9,11H,6,10H2,1H3,(H,23,25). The van der Waals surface area contributed by atoms with Gasteiger partial charge in [-0.05, 0) is 30.7 Å². The lowest BCUT2D eigenvalue weighted by molar-refractivity contribution is 0.0946. The molecule has 3 aromatic rings. The third-order valence-electron chi connectivity index (χ3n) is 4.35. The fraction of sp³-hybridized carbons (Fsp3) is 0.200. The number of rotatable bonds is 4. The second kappa shape index (κ2) is 6.83. The number of hydrogen-bond donors (Lipinski definition) is 1. The van der Waals surface area contributed by atoms with Crippen LogP contribution in [-0.4, -0.2) is 17.2 Å². The minimum atomic E-state index is -0.916. The Morgan fingerprint density at radius 2 is 2.07 bits per heavy atom. The van der Waals surface area contributed by atoms with Crippen LogP contribution in [0.25, 0.3) is 11.3 Å². The van der Waals surface area contributed by atoms with Crippen LogP contribution >= 0.6 is 0 Å². The van der Waals surface area contributed by atoms with E-state index in [9.17, 15) is 13.6 Å². The summed E-state index contributed by atoms with van der Waals surface area (Å²) in [6.45, 7) is 2.07. The number of carbonyl (C=O) groups is 1. The zero-order chi connectivity index (χ0) is 19.0. The van der Waals surface area contributed by atoms with Gasteiger partial charge >= 0.3 is 0 Å². The highest BCUT2D eigenvalue weighted by atomic mass is 19.1. The van der Waals surface area contributed by atoms with Crippen LogP contribution in [0.5, 0.6) is 5.75 Å². The first-order valence-corrected chi connectivity index (χ1v) is 8.48. The molecule has 1 aliphatic rings. The largest absolute Gasteiger partial charge is 0.490 e. The van der Waals surface area contributed by atoms with E-state index in [1.165, 1.54) is 0 Å². The fourth-order valence-electron chi connectivity index (χ4n) is 3.03. The lowest BCUT2D eigenvalue weighted by Gasteiger charge is -2.04. The highest BCUT2D eigenvalue weighted by Gasteiger charge is 2.20. The maximum atomic E-state index is 13.6. The first-order chi connectivity index (χ1) is 13.0. The Morgan fingerprint density at radius 1 is 1.22 bits per heavy atom. The molecule has 1 aromatic heterocycles. The number of fused-ring (bicyclic) bond motifs is 1. The van der Waals surface area contributed by atoms with Crippen LogP contribution in [0.2, 0.25) is 0 Å². The summed E-state index contributed by atoms with van der Waals surface area (Å²) in [5.41, 5.74) is 2.22. The van der Waals surface area contributed by atoms with Gasteiger partial charge in [-0.25, -0.2) is 8.78 Å². The Hall–Kier alpha value is -3.22. The van der Waals surface area contributed by atoms with Crippen LogP contribution in [0.3, 0.4) is 0 Å². The van der Waals surface area contributed by atoms with E-state index in [1.54, 1.807) is 6.07 Å². The van der Waals surface area contributed by atoms with Crippen LogP contribution in [0, 0.1) is 11.6 Å². The second-order valence-corrected chi connectivity index (χ2v) is 6.44. The maximum Gasteiger partial charge on any atom is 0.254 e. The van der Waals surface area contributed by atoms with Gasteiger partial charge in [-0.15, -0.1) is 0 Å². The summed E-state index contributed by atoms with van der Waals surface area (Å²) in [6.07, 6.45) is 1.03. The average Bonchev–Trinajstić information content (AvgIpc) is 3.24. The van der Waals surface area contributed by atoms with Crippen LogP contribution in [-0.2, 0) is 13.0 Å². The van der Waals surface area contributed by atoms with Gasteiger partial charge < -0.3 is 14.6 Å². The SMILES string of the molecule is CC1Cc2ccc(-c3cc(CNC(=O)c4ccc(F)cc4F)no3)cc2O1. The van der Waals surface area contributed by atoms with Crippen LogP contribution < -0.4 is 10.1 Å². The van der Waals surface area contributed by atoms with Crippen molar-refractivity contribution >= 4 is 5.91 Å². The normalized spacial score (nSPS) is 15.3. The van der Waals surface area contributed by atoms with Crippen molar-refractivity contribution in [1.29, 1.82) is 0 Å². The van der Waals surface area contributed by atoms with Gasteiger partial charge in [-0.1, -0.05) is 17.3 Å². The van der Waals surface area contributed by atoms with E-state index in [4.69, 9.17) is 9.26 Å². The minimum absolute atomic E-state index is 0.0532. The number of amides is 1. The Balaban J connectivity index is 1.44. The van der Waals surface area contributed by atoms with Crippen molar-refractivity contribution in [3.8, 4) is 17.1 Å². The van der Waals surface area contributed by atoms with Crippen LogP contribution in [0.15, 0.2) is 47.0 Å². The first kappa shape index (κ1) is 17.2. The number of aromatic nitrogens is 1. The van der Waals surface area contributed by atoms with Crippen molar-refractivity contribution in [3.05, 3.63) is 70.9 Å². The molecule has 5 nitrogen and oxygen atoms in total. The number of nitrogens with zero attached hydrogens (tertiary/aromatic N) is 1. The highest BCUT2D eigenvalue weighted by Crippen LogP contribution is 2.33. The molecule has 2 heterocycles. The number of halogens is 2. The topological polar surface area (TPSA) is 64.4 Å². The molecule has 0 saturated carbocycles. The number of hydrogen-bond acceptors (Lipinski definition) is 4. The predicted molar refractivity (Wildman–Crippen MR) is 93.3 cm³/mol. The molecule has 2 aromatic carbocycles. The van der Waals surface area contributed by atoms with Gasteiger partial charge in [0, 0.05) is 24.1 Å². The summed E-state index contributed by atoms with van der Waals surface area (Å²) in [4.78, 5) is 12.0.